The number of anilines is 1. The number of aromatic hydroxyl groups is 1. The minimum atomic E-state index is 0.245. The molecule has 4 nitrogen and oxygen atoms in total. The van der Waals surface area contributed by atoms with Gasteiger partial charge in [-0.05, 0) is 61.2 Å². The lowest BCUT2D eigenvalue weighted by Crippen LogP contribution is -2.36. The summed E-state index contributed by atoms with van der Waals surface area (Å²) < 4.78 is 11.6. The number of phenols is 1. The summed E-state index contributed by atoms with van der Waals surface area (Å²) in [5.41, 5.74) is 4.35. The van der Waals surface area contributed by atoms with Crippen molar-refractivity contribution in [3.63, 3.8) is 0 Å². The van der Waals surface area contributed by atoms with E-state index in [2.05, 4.69) is 44.7 Å². The van der Waals surface area contributed by atoms with Crippen LogP contribution in [-0.2, 0) is 4.74 Å². The predicted molar refractivity (Wildman–Crippen MR) is 101 cm³/mol. The van der Waals surface area contributed by atoms with Crippen molar-refractivity contribution in [1.29, 1.82) is 0 Å². The number of hydrogen-bond donors (Lipinski definition) is 1. The third-order valence-corrected chi connectivity index (χ3v) is 4.66. The van der Waals surface area contributed by atoms with E-state index in [1.165, 1.54) is 5.69 Å². The van der Waals surface area contributed by atoms with Crippen molar-refractivity contribution in [2.24, 2.45) is 0 Å². The van der Waals surface area contributed by atoms with Crippen LogP contribution >= 0.6 is 0 Å². The van der Waals surface area contributed by atoms with Crippen LogP contribution in [0.2, 0.25) is 0 Å². The van der Waals surface area contributed by atoms with Crippen LogP contribution in [0.5, 0.6) is 17.2 Å². The maximum atomic E-state index is 9.99. The van der Waals surface area contributed by atoms with Gasteiger partial charge >= 0.3 is 0 Å². The summed E-state index contributed by atoms with van der Waals surface area (Å²) in [6.45, 7) is 11.7. The van der Waals surface area contributed by atoms with Crippen LogP contribution < -0.4 is 9.64 Å². The fourth-order valence-corrected chi connectivity index (χ4v) is 3.27. The Labute approximate surface area is 150 Å². The molecule has 0 spiro atoms. The maximum absolute atomic E-state index is 9.99. The Kier molecular flexibility index (Phi) is 5.19. The van der Waals surface area contributed by atoms with Crippen LogP contribution in [0.4, 0.5) is 5.69 Å². The number of aryl methyl sites for hydroxylation is 2. The van der Waals surface area contributed by atoms with Crippen LogP contribution in [0.15, 0.2) is 30.3 Å². The van der Waals surface area contributed by atoms with Gasteiger partial charge in [-0.2, -0.15) is 0 Å². The second-order valence-electron chi connectivity index (χ2n) is 6.99. The molecule has 0 unspecified atom stereocenters. The maximum Gasteiger partial charge on any atom is 0.133 e. The van der Waals surface area contributed by atoms with Crippen LogP contribution in [0, 0.1) is 13.8 Å². The monoisotopic (exact) mass is 341 g/mol. The quantitative estimate of drug-likeness (QED) is 0.870. The predicted octanol–water partition coefficient (Wildman–Crippen LogP) is 4.76. The fourth-order valence-electron chi connectivity index (χ4n) is 3.27. The molecule has 0 amide bonds. The van der Waals surface area contributed by atoms with Crippen molar-refractivity contribution in [3.8, 4) is 17.2 Å². The van der Waals surface area contributed by atoms with E-state index in [0.29, 0.717) is 5.75 Å². The molecule has 1 N–H and O–H groups in total. The third kappa shape index (κ3) is 3.90. The first kappa shape index (κ1) is 17.6. The molecule has 0 atom stereocenters. The van der Waals surface area contributed by atoms with Crippen molar-refractivity contribution in [2.75, 3.05) is 31.2 Å². The number of rotatable bonds is 4. The topological polar surface area (TPSA) is 41.9 Å². The Morgan fingerprint density at radius 2 is 1.68 bits per heavy atom. The average Bonchev–Trinajstić information content (AvgIpc) is 2.60. The van der Waals surface area contributed by atoms with Gasteiger partial charge in [0.25, 0.3) is 0 Å². The summed E-state index contributed by atoms with van der Waals surface area (Å²) in [4.78, 5) is 2.35. The minimum absolute atomic E-state index is 0.245. The Balaban J connectivity index is 1.87. The van der Waals surface area contributed by atoms with Crippen LogP contribution in [-0.4, -0.2) is 31.4 Å². The molecule has 1 aliphatic heterocycles. The molecule has 1 heterocycles. The highest BCUT2D eigenvalue weighted by atomic mass is 16.5. The molecular formula is C21H27NO3. The van der Waals surface area contributed by atoms with Gasteiger partial charge in [0.05, 0.1) is 13.2 Å². The van der Waals surface area contributed by atoms with E-state index in [0.717, 1.165) is 54.5 Å². The van der Waals surface area contributed by atoms with Gasteiger partial charge < -0.3 is 19.5 Å². The molecule has 1 aliphatic rings. The van der Waals surface area contributed by atoms with Crippen molar-refractivity contribution in [2.45, 2.75) is 33.6 Å². The third-order valence-electron chi connectivity index (χ3n) is 4.66. The van der Waals surface area contributed by atoms with E-state index < -0.39 is 0 Å². The summed E-state index contributed by atoms with van der Waals surface area (Å²) in [5, 5.41) is 9.99. The lowest BCUT2D eigenvalue weighted by Gasteiger charge is -2.30. The lowest BCUT2D eigenvalue weighted by molar-refractivity contribution is 0.122. The molecule has 1 saturated heterocycles. The van der Waals surface area contributed by atoms with E-state index in [-0.39, 0.29) is 5.92 Å². The number of ether oxygens (including phenoxy) is 2. The molecule has 134 valence electrons. The number of phenolic OH excluding ortho intramolecular Hbond substituents is 1. The van der Waals surface area contributed by atoms with Crippen molar-refractivity contribution < 1.29 is 14.6 Å². The summed E-state index contributed by atoms with van der Waals surface area (Å²) in [6.07, 6.45) is 0. The number of nitrogens with zero attached hydrogens (tertiary/aromatic N) is 1. The van der Waals surface area contributed by atoms with Crippen molar-refractivity contribution in [1.82, 2.24) is 0 Å². The smallest absolute Gasteiger partial charge is 0.133 e. The molecule has 1 fully saturated rings. The number of benzene rings is 2. The van der Waals surface area contributed by atoms with Crippen LogP contribution in [0.3, 0.4) is 0 Å². The zero-order valence-corrected chi connectivity index (χ0v) is 15.5. The second-order valence-corrected chi connectivity index (χ2v) is 6.99. The van der Waals surface area contributed by atoms with Gasteiger partial charge in [-0.25, -0.2) is 0 Å². The van der Waals surface area contributed by atoms with Gasteiger partial charge in [-0.1, -0.05) is 13.8 Å². The highest BCUT2D eigenvalue weighted by Gasteiger charge is 2.15. The SMILES string of the molecule is Cc1cc(N2CCOCC2)cc(C)c1Oc1ccc(O)c(C(C)C)c1. The summed E-state index contributed by atoms with van der Waals surface area (Å²) in [5.74, 6) is 2.21. The molecule has 25 heavy (non-hydrogen) atoms. The van der Waals surface area contributed by atoms with Crippen LogP contribution in [0.25, 0.3) is 0 Å². The van der Waals surface area contributed by atoms with Gasteiger partial charge in [0.1, 0.15) is 17.2 Å². The van der Waals surface area contributed by atoms with Gasteiger partial charge in [0.15, 0.2) is 0 Å². The first-order chi connectivity index (χ1) is 12.0. The van der Waals surface area contributed by atoms with Gasteiger partial charge in [0.2, 0.25) is 0 Å². The molecular weight excluding hydrogens is 314 g/mol. The first-order valence-corrected chi connectivity index (χ1v) is 8.90. The molecule has 0 bridgehead atoms. The average molecular weight is 341 g/mol. The second kappa shape index (κ2) is 7.36. The Bertz CT molecular complexity index is 726. The number of hydrogen-bond acceptors (Lipinski definition) is 4. The van der Waals surface area contributed by atoms with Gasteiger partial charge in [-0.3, -0.25) is 0 Å². The normalized spacial score (nSPS) is 14.8. The molecule has 0 saturated carbocycles. The van der Waals surface area contributed by atoms with Gasteiger partial charge in [-0.15, -0.1) is 0 Å². The first-order valence-electron chi connectivity index (χ1n) is 8.90. The van der Waals surface area contributed by atoms with Crippen LogP contribution in [0.1, 0.15) is 36.5 Å². The summed E-state index contributed by atoms with van der Waals surface area (Å²) in [7, 11) is 0. The number of morpholine rings is 1. The molecule has 3 rings (SSSR count). The largest absolute Gasteiger partial charge is 0.508 e. The molecule has 0 radical (unpaired) electrons. The Morgan fingerprint density at radius 3 is 2.28 bits per heavy atom. The van der Waals surface area contributed by atoms with E-state index in [1.54, 1.807) is 6.07 Å². The van der Waals surface area contributed by atoms with Crippen molar-refractivity contribution >= 4 is 5.69 Å². The zero-order valence-electron chi connectivity index (χ0n) is 15.5. The van der Waals surface area contributed by atoms with E-state index in [1.807, 2.05) is 12.1 Å². The van der Waals surface area contributed by atoms with E-state index >= 15 is 0 Å². The standard InChI is InChI=1S/C21H27NO3/c1-14(2)19-13-18(5-6-20(19)23)25-21-15(3)11-17(12-16(21)4)22-7-9-24-10-8-22/h5-6,11-14,23H,7-10H2,1-4H3. The van der Waals surface area contributed by atoms with Gasteiger partial charge in [0, 0.05) is 24.3 Å². The fraction of sp³-hybridized carbons (Fsp3) is 0.429. The minimum Gasteiger partial charge on any atom is -0.508 e. The summed E-state index contributed by atoms with van der Waals surface area (Å²) >= 11 is 0. The molecule has 4 heteroatoms. The van der Waals surface area contributed by atoms with E-state index in [4.69, 9.17) is 9.47 Å². The molecule has 0 aromatic heterocycles. The van der Waals surface area contributed by atoms with Crippen molar-refractivity contribution in [3.05, 3.63) is 47.0 Å². The highest BCUT2D eigenvalue weighted by molar-refractivity contribution is 5.58. The highest BCUT2D eigenvalue weighted by Crippen LogP contribution is 2.36. The summed E-state index contributed by atoms with van der Waals surface area (Å²) in [6, 6.07) is 9.80. The lowest BCUT2D eigenvalue weighted by atomic mass is 10.0. The zero-order chi connectivity index (χ0) is 18.0. The molecule has 2 aromatic carbocycles. The van der Waals surface area contributed by atoms with E-state index in [9.17, 15) is 5.11 Å². The Hall–Kier alpha value is -2.20. The molecule has 0 aliphatic carbocycles. The Morgan fingerprint density at radius 1 is 1.04 bits per heavy atom. The molecule has 2 aromatic rings.